The number of hydrogen-bond donors (Lipinski definition) is 1. The summed E-state index contributed by atoms with van der Waals surface area (Å²) in [5.41, 5.74) is 2.18. The highest BCUT2D eigenvalue weighted by Crippen LogP contribution is 2.30. The van der Waals surface area contributed by atoms with E-state index in [9.17, 15) is 14.0 Å². The molecule has 2 aromatic carbocycles. The van der Waals surface area contributed by atoms with Crippen LogP contribution in [0.4, 0.5) is 4.39 Å². The summed E-state index contributed by atoms with van der Waals surface area (Å²) in [7, 11) is 0. The lowest BCUT2D eigenvalue weighted by Gasteiger charge is -2.20. The number of carbonyl (C=O) groups is 2. The van der Waals surface area contributed by atoms with Crippen LogP contribution in [-0.4, -0.2) is 23.3 Å². The third-order valence-electron chi connectivity index (χ3n) is 4.09. The van der Waals surface area contributed by atoms with Gasteiger partial charge in [-0.2, -0.15) is 0 Å². The van der Waals surface area contributed by atoms with Gasteiger partial charge in [0.15, 0.2) is 0 Å². The molecule has 122 valence electrons. The van der Waals surface area contributed by atoms with Crippen LogP contribution in [-0.2, 0) is 4.79 Å². The molecule has 3 rings (SSSR count). The van der Waals surface area contributed by atoms with Crippen LogP contribution in [0.5, 0.6) is 0 Å². The molecule has 2 amide bonds. The van der Waals surface area contributed by atoms with Crippen molar-refractivity contribution in [1.82, 2.24) is 10.2 Å². The largest absolute Gasteiger partial charge is 0.348 e. The van der Waals surface area contributed by atoms with Crippen molar-refractivity contribution in [3.8, 4) is 0 Å². The fourth-order valence-electron chi connectivity index (χ4n) is 2.84. The fourth-order valence-corrected chi connectivity index (χ4v) is 2.84. The van der Waals surface area contributed by atoms with E-state index in [1.54, 1.807) is 43.3 Å². The van der Waals surface area contributed by atoms with E-state index in [1.165, 1.54) is 11.0 Å². The molecule has 1 heterocycles. The molecule has 0 bridgehead atoms. The molecule has 1 atom stereocenters. The van der Waals surface area contributed by atoms with Crippen LogP contribution in [0.25, 0.3) is 5.70 Å². The van der Waals surface area contributed by atoms with Gasteiger partial charge in [-0.15, -0.1) is 0 Å². The van der Waals surface area contributed by atoms with Crippen molar-refractivity contribution >= 4 is 17.5 Å². The molecule has 0 aliphatic carbocycles. The Morgan fingerprint density at radius 3 is 2.46 bits per heavy atom. The molecule has 1 N–H and O–H groups in total. The summed E-state index contributed by atoms with van der Waals surface area (Å²) in [5, 5.41) is 2.72. The van der Waals surface area contributed by atoms with Crippen molar-refractivity contribution in [3.05, 3.63) is 77.6 Å². The SMILES string of the molecule is C=C1c2ccccc2C(=O)N1CC(=O)NC(C)c1ccccc1F. The minimum absolute atomic E-state index is 0.148. The molecular weight excluding hydrogens is 307 g/mol. The van der Waals surface area contributed by atoms with E-state index in [4.69, 9.17) is 0 Å². The fraction of sp³-hybridized carbons (Fsp3) is 0.158. The number of benzene rings is 2. The number of halogens is 1. The normalized spacial score (nSPS) is 14.5. The zero-order valence-electron chi connectivity index (χ0n) is 13.3. The van der Waals surface area contributed by atoms with E-state index < -0.39 is 6.04 Å². The topological polar surface area (TPSA) is 49.4 Å². The van der Waals surface area contributed by atoms with E-state index >= 15 is 0 Å². The molecule has 1 unspecified atom stereocenters. The zero-order chi connectivity index (χ0) is 17.3. The number of amides is 2. The molecule has 0 saturated heterocycles. The highest BCUT2D eigenvalue weighted by atomic mass is 19.1. The van der Waals surface area contributed by atoms with Gasteiger partial charge >= 0.3 is 0 Å². The van der Waals surface area contributed by atoms with E-state index in [0.717, 1.165) is 5.56 Å². The number of carbonyl (C=O) groups excluding carboxylic acids is 2. The van der Waals surface area contributed by atoms with Crippen molar-refractivity contribution in [3.63, 3.8) is 0 Å². The Morgan fingerprint density at radius 2 is 1.79 bits per heavy atom. The summed E-state index contributed by atoms with van der Waals surface area (Å²) in [5.74, 6) is -0.989. The summed E-state index contributed by atoms with van der Waals surface area (Å²) in [6.07, 6.45) is 0. The third kappa shape index (κ3) is 2.80. The zero-order valence-corrected chi connectivity index (χ0v) is 13.3. The summed E-state index contributed by atoms with van der Waals surface area (Å²) >= 11 is 0. The van der Waals surface area contributed by atoms with Gasteiger partial charge in [0.05, 0.1) is 6.04 Å². The molecular formula is C19H17FN2O2. The lowest BCUT2D eigenvalue weighted by molar-refractivity contribution is -0.121. The molecule has 1 aliphatic heterocycles. The maximum atomic E-state index is 13.8. The summed E-state index contributed by atoms with van der Waals surface area (Å²) < 4.78 is 13.8. The predicted molar refractivity (Wildman–Crippen MR) is 89.5 cm³/mol. The Labute approximate surface area is 139 Å². The van der Waals surface area contributed by atoms with Crippen molar-refractivity contribution in [1.29, 1.82) is 0 Å². The van der Waals surface area contributed by atoms with Crippen LogP contribution in [0.1, 0.15) is 34.5 Å². The Kier molecular flexibility index (Phi) is 4.16. The second kappa shape index (κ2) is 6.28. The Bertz CT molecular complexity index is 797. The third-order valence-corrected chi connectivity index (χ3v) is 4.09. The quantitative estimate of drug-likeness (QED) is 0.939. The maximum absolute atomic E-state index is 13.8. The second-order valence-corrected chi connectivity index (χ2v) is 5.69. The highest BCUT2D eigenvalue weighted by molar-refractivity contribution is 6.10. The van der Waals surface area contributed by atoms with Crippen molar-refractivity contribution in [2.45, 2.75) is 13.0 Å². The Balaban J connectivity index is 1.69. The van der Waals surface area contributed by atoms with Crippen LogP contribution >= 0.6 is 0 Å². The molecule has 1 aliphatic rings. The molecule has 0 aromatic heterocycles. The van der Waals surface area contributed by atoms with Gasteiger partial charge in [-0.05, 0) is 19.1 Å². The van der Waals surface area contributed by atoms with Gasteiger partial charge in [-0.1, -0.05) is 43.0 Å². The summed E-state index contributed by atoms with van der Waals surface area (Å²) in [4.78, 5) is 26.0. The average molecular weight is 324 g/mol. The lowest BCUT2D eigenvalue weighted by atomic mass is 10.1. The first-order chi connectivity index (χ1) is 11.5. The van der Waals surface area contributed by atoms with Crippen molar-refractivity contribution in [2.24, 2.45) is 0 Å². The monoisotopic (exact) mass is 324 g/mol. The molecule has 24 heavy (non-hydrogen) atoms. The molecule has 5 heteroatoms. The predicted octanol–water partition coefficient (Wildman–Crippen LogP) is 3.13. The first kappa shape index (κ1) is 15.9. The van der Waals surface area contributed by atoms with E-state index in [-0.39, 0.29) is 24.2 Å². The number of nitrogens with zero attached hydrogens (tertiary/aromatic N) is 1. The minimum Gasteiger partial charge on any atom is -0.348 e. The number of hydrogen-bond acceptors (Lipinski definition) is 2. The van der Waals surface area contributed by atoms with Gasteiger partial charge in [-0.25, -0.2) is 4.39 Å². The van der Waals surface area contributed by atoms with E-state index in [0.29, 0.717) is 16.8 Å². The van der Waals surface area contributed by atoms with Gasteiger partial charge in [0.1, 0.15) is 12.4 Å². The van der Waals surface area contributed by atoms with Crippen LogP contribution in [0.2, 0.25) is 0 Å². The molecule has 0 radical (unpaired) electrons. The van der Waals surface area contributed by atoms with Crippen molar-refractivity contribution < 1.29 is 14.0 Å². The summed E-state index contributed by atoms with van der Waals surface area (Å²) in [6.45, 7) is 5.45. The van der Waals surface area contributed by atoms with E-state index in [1.807, 2.05) is 6.07 Å². The standard InChI is InChI=1S/C19H17FN2O2/c1-12(14-7-5-6-10-17(14)20)21-18(23)11-22-13(2)15-8-3-4-9-16(15)19(22)24/h3-10,12H,2,11H2,1H3,(H,21,23). The van der Waals surface area contributed by atoms with Crippen LogP contribution in [0.3, 0.4) is 0 Å². The molecule has 0 fully saturated rings. The van der Waals surface area contributed by atoms with Crippen LogP contribution in [0, 0.1) is 5.82 Å². The number of nitrogens with one attached hydrogen (secondary N) is 1. The number of fused-ring (bicyclic) bond motifs is 1. The average Bonchev–Trinajstić information content (AvgIpc) is 2.80. The molecule has 0 saturated carbocycles. The van der Waals surface area contributed by atoms with Gasteiger partial charge in [0.2, 0.25) is 5.91 Å². The summed E-state index contributed by atoms with van der Waals surface area (Å²) in [6, 6.07) is 12.9. The van der Waals surface area contributed by atoms with Crippen LogP contribution < -0.4 is 5.32 Å². The van der Waals surface area contributed by atoms with Gasteiger partial charge in [0, 0.05) is 22.4 Å². The molecule has 4 nitrogen and oxygen atoms in total. The Morgan fingerprint density at radius 1 is 1.17 bits per heavy atom. The van der Waals surface area contributed by atoms with Gasteiger partial charge in [-0.3, -0.25) is 14.5 Å². The lowest BCUT2D eigenvalue weighted by Crippen LogP contribution is -2.38. The second-order valence-electron chi connectivity index (χ2n) is 5.69. The highest BCUT2D eigenvalue weighted by Gasteiger charge is 2.32. The molecule has 0 spiro atoms. The first-order valence-electron chi connectivity index (χ1n) is 7.63. The van der Waals surface area contributed by atoms with Gasteiger partial charge in [0.25, 0.3) is 5.91 Å². The van der Waals surface area contributed by atoms with E-state index in [2.05, 4.69) is 11.9 Å². The van der Waals surface area contributed by atoms with Gasteiger partial charge < -0.3 is 5.32 Å². The number of rotatable bonds is 4. The Hall–Kier alpha value is -2.95. The molecule has 2 aromatic rings. The minimum atomic E-state index is -0.493. The smallest absolute Gasteiger partial charge is 0.259 e. The van der Waals surface area contributed by atoms with Crippen LogP contribution in [0.15, 0.2) is 55.1 Å². The van der Waals surface area contributed by atoms with Crippen molar-refractivity contribution in [2.75, 3.05) is 6.54 Å². The first-order valence-corrected chi connectivity index (χ1v) is 7.63. The maximum Gasteiger partial charge on any atom is 0.259 e.